The summed E-state index contributed by atoms with van der Waals surface area (Å²) in [6, 6.07) is 12.4. The zero-order chi connectivity index (χ0) is 13.8. The number of hydrogen-bond donors (Lipinski definition) is 2. The van der Waals surface area contributed by atoms with Crippen LogP contribution >= 0.6 is 11.6 Å². The fourth-order valence-corrected chi connectivity index (χ4v) is 1.63. The zero-order valence-corrected chi connectivity index (χ0v) is 10.5. The number of benzene rings is 2. The van der Waals surface area contributed by atoms with Gasteiger partial charge in [-0.05, 0) is 48.5 Å². The van der Waals surface area contributed by atoms with Crippen LogP contribution < -0.4 is 5.32 Å². The molecule has 0 aliphatic heterocycles. The molecule has 0 unspecified atom stereocenters. The summed E-state index contributed by atoms with van der Waals surface area (Å²) in [6.45, 7) is 0. The second-order valence-corrected chi connectivity index (χ2v) is 4.28. The third-order valence-electron chi connectivity index (χ3n) is 2.50. The van der Waals surface area contributed by atoms with E-state index in [0.29, 0.717) is 16.3 Å². The monoisotopic (exact) mass is 299 g/mol. The van der Waals surface area contributed by atoms with Crippen molar-refractivity contribution in [3.05, 3.63) is 64.7 Å². The third kappa shape index (κ3) is 4.35. The van der Waals surface area contributed by atoms with Crippen molar-refractivity contribution in [3.8, 4) is 0 Å². The van der Waals surface area contributed by atoms with E-state index in [1.807, 2.05) is 0 Å². The molecule has 0 radical (unpaired) electrons. The van der Waals surface area contributed by atoms with Crippen molar-refractivity contribution in [1.82, 2.24) is 0 Å². The topological polar surface area (TPSA) is 66.4 Å². The number of aromatic carboxylic acids is 1. The number of nitrogens with one attached hydrogen (secondary N) is 1. The van der Waals surface area contributed by atoms with Gasteiger partial charge in [-0.2, -0.15) is 0 Å². The van der Waals surface area contributed by atoms with Gasteiger partial charge in [0.15, 0.2) is 0 Å². The van der Waals surface area contributed by atoms with E-state index in [0.717, 1.165) is 0 Å². The van der Waals surface area contributed by atoms with Gasteiger partial charge in [-0.15, -0.1) is 0 Å². The predicted octanol–water partition coefficient (Wildman–Crippen LogP) is 2.64. The Morgan fingerprint density at radius 1 is 0.900 bits per heavy atom. The van der Waals surface area contributed by atoms with Crippen LogP contribution in [0.5, 0.6) is 0 Å². The Morgan fingerprint density at radius 2 is 1.40 bits per heavy atom. The molecule has 0 aromatic heterocycles. The minimum atomic E-state index is -1.00. The van der Waals surface area contributed by atoms with Crippen molar-refractivity contribution < 1.29 is 14.7 Å². The SMILES string of the molecule is O=C(O)c1ccc(NC(=O)c2ccc(Cl)cc2)cc1.[NaH]. The molecule has 0 saturated carbocycles. The molecule has 0 bridgehead atoms. The van der Waals surface area contributed by atoms with E-state index in [1.165, 1.54) is 24.3 Å². The molecule has 0 aliphatic rings. The van der Waals surface area contributed by atoms with Crippen LogP contribution in [0.25, 0.3) is 0 Å². The number of carbonyl (C=O) groups excluding carboxylic acids is 1. The molecule has 0 saturated heterocycles. The average Bonchev–Trinajstić information content (AvgIpc) is 2.40. The van der Waals surface area contributed by atoms with Gasteiger partial charge in [0.25, 0.3) is 5.91 Å². The molecule has 2 aromatic rings. The maximum absolute atomic E-state index is 11.9. The molecular weight excluding hydrogens is 289 g/mol. The van der Waals surface area contributed by atoms with Crippen LogP contribution in [0.1, 0.15) is 20.7 Å². The van der Waals surface area contributed by atoms with Gasteiger partial charge in [-0.25, -0.2) is 4.79 Å². The minimum absolute atomic E-state index is 0. The summed E-state index contributed by atoms with van der Waals surface area (Å²) < 4.78 is 0. The summed E-state index contributed by atoms with van der Waals surface area (Å²) in [4.78, 5) is 22.6. The van der Waals surface area contributed by atoms with E-state index in [1.54, 1.807) is 24.3 Å². The first kappa shape index (κ1) is 16.7. The Hall–Kier alpha value is -1.33. The summed E-state index contributed by atoms with van der Waals surface area (Å²) in [6.07, 6.45) is 0. The van der Waals surface area contributed by atoms with Gasteiger partial charge in [0.05, 0.1) is 5.56 Å². The van der Waals surface area contributed by atoms with E-state index < -0.39 is 5.97 Å². The van der Waals surface area contributed by atoms with Crippen LogP contribution in [-0.2, 0) is 0 Å². The third-order valence-corrected chi connectivity index (χ3v) is 2.75. The van der Waals surface area contributed by atoms with E-state index in [-0.39, 0.29) is 41.0 Å². The van der Waals surface area contributed by atoms with Gasteiger partial charge in [-0.3, -0.25) is 4.79 Å². The Balaban J connectivity index is 0.00000200. The number of rotatable bonds is 3. The normalized spacial score (nSPS) is 9.45. The van der Waals surface area contributed by atoms with Crippen LogP contribution in [0.3, 0.4) is 0 Å². The predicted molar refractivity (Wildman–Crippen MR) is 80.0 cm³/mol. The van der Waals surface area contributed by atoms with Gasteiger partial charge >= 0.3 is 35.5 Å². The van der Waals surface area contributed by atoms with Crippen molar-refractivity contribution in [2.75, 3.05) is 5.32 Å². The molecule has 2 rings (SSSR count). The maximum atomic E-state index is 11.9. The fourth-order valence-electron chi connectivity index (χ4n) is 1.50. The fraction of sp³-hybridized carbons (Fsp3) is 0. The average molecular weight is 300 g/mol. The molecule has 2 N–H and O–H groups in total. The van der Waals surface area contributed by atoms with Gasteiger partial charge in [-0.1, -0.05) is 11.6 Å². The molecule has 6 heteroatoms. The van der Waals surface area contributed by atoms with Crippen molar-refractivity contribution >= 4 is 58.7 Å². The number of carbonyl (C=O) groups is 2. The quantitative estimate of drug-likeness (QED) is 0.856. The number of carboxylic acid groups (broad SMARTS) is 1. The first-order chi connectivity index (χ1) is 9.06. The second kappa shape index (κ2) is 7.45. The van der Waals surface area contributed by atoms with E-state index in [9.17, 15) is 9.59 Å². The van der Waals surface area contributed by atoms with Gasteiger partial charge in [0, 0.05) is 16.3 Å². The number of hydrogen-bond acceptors (Lipinski definition) is 2. The molecule has 20 heavy (non-hydrogen) atoms. The van der Waals surface area contributed by atoms with Crippen LogP contribution in [0.2, 0.25) is 5.02 Å². The number of amides is 1. The molecular formula is C14H11ClNNaO3. The van der Waals surface area contributed by atoms with E-state index in [4.69, 9.17) is 16.7 Å². The van der Waals surface area contributed by atoms with Crippen molar-refractivity contribution in [1.29, 1.82) is 0 Å². The summed E-state index contributed by atoms with van der Waals surface area (Å²) in [5, 5.41) is 12.0. The summed E-state index contributed by atoms with van der Waals surface area (Å²) in [5.74, 6) is -1.28. The molecule has 98 valence electrons. The summed E-state index contributed by atoms with van der Waals surface area (Å²) >= 11 is 5.74. The Bertz CT molecular complexity index is 611. The standard InChI is InChI=1S/C14H10ClNO3.Na.H/c15-11-5-1-9(2-6-11)13(17)16-12-7-3-10(4-8-12)14(18)19;;/h1-8H,(H,16,17)(H,18,19);;. The number of halogens is 1. The first-order valence-corrected chi connectivity index (χ1v) is 5.84. The molecule has 1 amide bonds. The zero-order valence-electron chi connectivity index (χ0n) is 9.76. The second-order valence-electron chi connectivity index (χ2n) is 3.84. The van der Waals surface area contributed by atoms with Crippen LogP contribution in [0.4, 0.5) is 5.69 Å². The van der Waals surface area contributed by atoms with E-state index in [2.05, 4.69) is 5.32 Å². The van der Waals surface area contributed by atoms with Crippen LogP contribution in [-0.4, -0.2) is 46.5 Å². The Labute approximate surface area is 143 Å². The number of anilines is 1. The summed E-state index contributed by atoms with van der Waals surface area (Å²) in [7, 11) is 0. The molecule has 0 atom stereocenters. The molecule has 0 aliphatic carbocycles. The number of carboxylic acids is 1. The van der Waals surface area contributed by atoms with Gasteiger partial charge < -0.3 is 10.4 Å². The molecule has 0 fully saturated rings. The van der Waals surface area contributed by atoms with Crippen LogP contribution in [0, 0.1) is 0 Å². The van der Waals surface area contributed by atoms with Crippen molar-refractivity contribution in [2.24, 2.45) is 0 Å². The first-order valence-electron chi connectivity index (χ1n) is 5.46. The van der Waals surface area contributed by atoms with Crippen molar-refractivity contribution in [3.63, 3.8) is 0 Å². The Kier molecular flexibility index (Phi) is 6.23. The molecule has 0 spiro atoms. The summed E-state index contributed by atoms with van der Waals surface area (Å²) in [5.41, 5.74) is 1.18. The van der Waals surface area contributed by atoms with Gasteiger partial charge in [0.1, 0.15) is 0 Å². The van der Waals surface area contributed by atoms with Crippen LogP contribution in [0.15, 0.2) is 48.5 Å². The molecule has 2 aromatic carbocycles. The molecule has 4 nitrogen and oxygen atoms in total. The van der Waals surface area contributed by atoms with Gasteiger partial charge in [0.2, 0.25) is 0 Å². The Morgan fingerprint density at radius 3 is 1.90 bits per heavy atom. The van der Waals surface area contributed by atoms with E-state index >= 15 is 0 Å². The van der Waals surface area contributed by atoms with Crippen molar-refractivity contribution in [2.45, 2.75) is 0 Å². The molecule has 0 heterocycles.